The van der Waals surface area contributed by atoms with E-state index in [0.717, 1.165) is 49.0 Å². The zero-order valence-electron chi connectivity index (χ0n) is 19.6. The fraction of sp³-hybridized carbons (Fsp3) is 0.600. The molecule has 7 nitrogen and oxygen atoms in total. The van der Waals surface area contributed by atoms with Gasteiger partial charge in [-0.15, -0.1) is 10.2 Å². The second-order valence-electron chi connectivity index (χ2n) is 10.6. The number of hydrogen-bond acceptors (Lipinski definition) is 5. The Labute approximate surface area is 203 Å². The molecule has 4 saturated carbocycles. The maximum absolute atomic E-state index is 13.2. The molecule has 34 heavy (non-hydrogen) atoms. The fourth-order valence-corrected chi connectivity index (χ4v) is 7.30. The first-order chi connectivity index (χ1) is 16.3. The molecule has 1 heterocycles. The van der Waals surface area contributed by atoms with Gasteiger partial charge in [0.1, 0.15) is 16.9 Å². The van der Waals surface area contributed by atoms with Gasteiger partial charge in [0.25, 0.3) is 0 Å². The van der Waals surface area contributed by atoms with Gasteiger partial charge in [-0.25, -0.2) is 9.18 Å². The highest BCUT2D eigenvalue weighted by Gasteiger charge is 2.51. The van der Waals surface area contributed by atoms with Crippen LogP contribution in [-0.4, -0.2) is 33.7 Å². The van der Waals surface area contributed by atoms with E-state index in [1.54, 1.807) is 12.1 Å². The molecule has 0 radical (unpaired) electrons. The third-order valence-electron chi connectivity index (χ3n) is 7.95. The molecule has 2 aromatic rings. The van der Waals surface area contributed by atoms with E-state index in [9.17, 15) is 14.0 Å². The van der Waals surface area contributed by atoms with Crippen LogP contribution in [0.4, 0.5) is 14.3 Å². The summed E-state index contributed by atoms with van der Waals surface area (Å²) in [6, 6.07) is 5.03. The van der Waals surface area contributed by atoms with Gasteiger partial charge in [-0.05, 0) is 86.5 Å². The lowest BCUT2D eigenvalue weighted by Gasteiger charge is -2.56. The van der Waals surface area contributed by atoms with Crippen molar-refractivity contribution in [1.29, 1.82) is 0 Å². The standard InChI is InChI=1S/C25H32FN5O2S/c1-3-14(2)20(21(32)28-24-31-30-22(34-24)18-4-6-19(26)7-5-18)27-23(33)29-25-11-15-8-16(12-25)10-17(9-15)13-25/h4-7,14-17,20H,3,8-13H2,1-2H3,(H2,27,29,33)(H,28,31,32). The molecular formula is C25H32FN5O2S. The number of anilines is 1. The van der Waals surface area contributed by atoms with E-state index < -0.39 is 6.04 Å². The van der Waals surface area contributed by atoms with E-state index >= 15 is 0 Å². The second kappa shape index (κ2) is 9.24. The number of aromatic nitrogens is 2. The van der Waals surface area contributed by atoms with E-state index in [0.29, 0.717) is 10.1 Å². The molecule has 4 aliphatic carbocycles. The van der Waals surface area contributed by atoms with Crippen molar-refractivity contribution >= 4 is 28.4 Å². The Morgan fingerprint density at radius 2 is 1.71 bits per heavy atom. The van der Waals surface area contributed by atoms with Gasteiger partial charge in [-0.1, -0.05) is 31.6 Å². The minimum absolute atomic E-state index is 0.0494. The summed E-state index contributed by atoms with van der Waals surface area (Å²) >= 11 is 1.22. The lowest BCUT2D eigenvalue weighted by atomic mass is 9.53. The van der Waals surface area contributed by atoms with Crippen LogP contribution in [0, 0.1) is 29.5 Å². The summed E-state index contributed by atoms with van der Waals surface area (Å²) in [5.74, 6) is 1.51. The smallest absolute Gasteiger partial charge is 0.315 e. The quantitative estimate of drug-likeness (QED) is 0.516. The van der Waals surface area contributed by atoms with Crippen LogP contribution in [0.3, 0.4) is 0 Å². The first-order valence-electron chi connectivity index (χ1n) is 12.3. The van der Waals surface area contributed by atoms with Crippen LogP contribution in [0.25, 0.3) is 10.6 Å². The highest BCUT2D eigenvalue weighted by Crippen LogP contribution is 2.55. The highest BCUT2D eigenvalue weighted by atomic mass is 32.1. The zero-order valence-corrected chi connectivity index (χ0v) is 20.5. The largest absolute Gasteiger partial charge is 0.333 e. The molecule has 4 fully saturated rings. The average Bonchev–Trinajstić information content (AvgIpc) is 3.24. The van der Waals surface area contributed by atoms with Crippen molar-refractivity contribution in [1.82, 2.24) is 20.8 Å². The van der Waals surface area contributed by atoms with Crippen molar-refractivity contribution in [3.05, 3.63) is 30.1 Å². The topological polar surface area (TPSA) is 96.0 Å². The summed E-state index contributed by atoms with van der Waals surface area (Å²) in [6.45, 7) is 3.96. The number of urea groups is 1. The first kappa shape index (κ1) is 23.2. The first-order valence-corrected chi connectivity index (χ1v) is 13.1. The van der Waals surface area contributed by atoms with Gasteiger partial charge in [-0.2, -0.15) is 0 Å². The van der Waals surface area contributed by atoms with E-state index in [1.807, 2.05) is 13.8 Å². The molecule has 182 valence electrons. The molecule has 0 aliphatic heterocycles. The highest BCUT2D eigenvalue weighted by molar-refractivity contribution is 7.18. The van der Waals surface area contributed by atoms with Crippen molar-refractivity contribution in [3.63, 3.8) is 0 Å². The van der Waals surface area contributed by atoms with Crippen LogP contribution in [0.2, 0.25) is 0 Å². The molecular weight excluding hydrogens is 453 g/mol. The predicted octanol–water partition coefficient (Wildman–Crippen LogP) is 4.97. The van der Waals surface area contributed by atoms with Gasteiger partial charge in [0.05, 0.1) is 0 Å². The predicted molar refractivity (Wildman–Crippen MR) is 130 cm³/mol. The van der Waals surface area contributed by atoms with E-state index in [2.05, 4.69) is 26.1 Å². The van der Waals surface area contributed by atoms with E-state index in [1.165, 1.54) is 42.7 Å². The van der Waals surface area contributed by atoms with Crippen molar-refractivity contribution in [2.75, 3.05) is 5.32 Å². The summed E-state index contributed by atoms with van der Waals surface area (Å²) < 4.78 is 13.2. The third kappa shape index (κ3) is 4.80. The number of rotatable bonds is 7. The molecule has 0 saturated heterocycles. The summed E-state index contributed by atoms with van der Waals surface area (Å²) in [6.07, 6.45) is 7.84. The molecule has 1 aromatic carbocycles. The zero-order chi connectivity index (χ0) is 23.9. The van der Waals surface area contributed by atoms with Crippen molar-refractivity contribution < 1.29 is 14.0 Å². The van der Waals surface area contributed by atoms with Gasteiger partial charge >= 0.3 is 6.03 Å². The molecule has 2 unspecified atom stereocenters. The second-order valence-corrected chi connectivity index (χ2v) is 11.5. The molecule has 0 spiro atoms. The van der Waals surface area contributed by atoms with Gasteiger partial charge in [0.2, 0.25) is 11.0 Å². The van der Waals surface area contributed by atoms with E-state index in [4.69, 9.17) is 0 Å². The number of amides is 3. The molecule has 1 aromatic heterocycles. The minimum Gasteiger partial charge on any atom is -0.333 e. The molecule has 4 aliphatic rings. The van der Waals surface area contributed by atoms with Crippen LogP contribution in [0.1, 0.15) is 58.8 Å². The van der Waals surface area contributed by atoms with Crippen molar-refractivity contribution in [3.8, 4) is 10.6 Å². The number of carbonyl (C=O) groups excluding carboxylic acids is 2. The number of nitrogens with zero attached hydrogens (tertiary/aromatic N) is 2. The lowest BCUT2D eigenvalue weighted by Crippen LogP contribution is -2.63. The molecule has 9 heteroatoms. The molecule has 4 bridgehead atoms. The lowest BCUT2D eigenvalue weighted by molar-refractivity contribution is -0.119. The Bertz CT molecular complexity index is 1020. The van der Waals surface area contributed by atoms with Crippen molar-refractivity contribution in [2.24, 2.45) is 23.7 Å². The maximum Gasteiger partial charge on any atom is 0.315 e. The number of nitrogens with one attached hydrogen (secondary N) is 3. The number of carbonyl (C=O) groups is 2. The van der Waals surface area contributed by atoms with Gasteiger partial charge in [0, 0.05) is 11.1 Å². The normalized spacial score (nSPS) is 28.9. The monoisotopic (exact) mass is 485 g/mol. The molecule has 3 amide bonds. The fourth-order valence-electron chi connectivity index (χ4n) is 6.55. The molecule has 2 atom stereocenters. The van der Waals surface area contributed by atoms with E-state index in [-0.39, 0.29) is 29.2 Å². The molecule has 3 N–H and O–H groups in total. The summed E-state index contributed by atoms with van der Waals surface area (Å²) in [5, 5.41) is 18.2. The Morgan fingerprint density at radius 1 is 1.09 bits per heavy atom. The van der Waals surface area contributed by atoms with Crippen LogP contribution < -0.4 is 16.0 Å². The Balaban J connectivity index is 1.23. The van der Waals surface area contributed by atoms with Gasteiger partial charge in [-0.3, -0.25) is 10.1 Å². The van der Waals surface area contributed by atoms with Crippen LogP contribution >= 0.6 is 11.3 Å². The van der Waals surface area contributed by atoms with Crippen LogP contribution in [0.5, 0.6) is 0 Å². The summed E-state index contributed by atoms with van der Waals surface area (Å²) in [5.41, 5.74) is 0.615. The number of benzene rings is 1. The SMILES string of the molecule is CCC(C)C(NC(=O)NC12CC3CC(CC(C3)C1)C2)C(=O)Nc1nnc(-c2ccc(F)cc2)s1. The Morgan fingerprint density at radius 3 is 2.29 bits per heavy atom. The van der Waals surface area contributed by atoms with Crippen molar-refractivity contribution in [2.45, 2.75) is 70.4 Å². The minimum atomic E-state index is -0.683. The number of hydrogen-bond donors (Lipinski definition) is 3. The average molecular weight is 486 g/mol. The molecule has 6 rings (SSSR count). The van der Waals surface area contributed by atoms with Gasteiger partial charge in [0.15, 0.2) is 0 Å². The van der Waals surface area contributed by atoms with Crippen LogP contribution in [0.15, 0.2) is 24.3 Å². The Kier molecular flexibility index (Phi) is 6.31. The summed E-state index contributed by atoms with van der Waals surface area (Å²) in [7, 11) is 0. The number of halogens is 1. The van der Waals surface area contributed by atoms with Crippen LogP contribution in [-0.2, 0) is 4.79 Å². The van der Waals surface area contributed by atoms with Gasteiger partial charge < -0.3 is 10.6 Å². The summed E-state index contributed by atoms with van der Waals surface area (Å²) in [4.78, 5) is 26.2. The maximum atomic E-state index is 13.2. The Hall–Kier alpha value is -2.55. The third-order valence-corrected chi connectivity index (χ3v) is 8.83.